The highest BCUT2D eigenvalue weighted by Crippen LogP contribution is 2.25. The van der Waals surface area contributed by atoms with Gasteiger partial charge in [0.05, 0.1) is 23.7 Å². The number of thioether (sulfide) groups is 1. The molecule has 0 radical (unpaired) electrons. The molecular weight excluding hydrogens is 370 g/mol. The zero-order valence-electron chi connectivity index (χ0n) is 16.2. The molecule has 0 atom stereocenters. The zero-order valence-corrected chi connectivity index (χ0v) is 17.0. The van der Waals surface area contributed by atoms with E-state index < -0.39 is 0 Å². The van der Waals surface area contributed by atoms with E-state index in [2.05, 4.69) is 41.5 Å². The van der Waals surface area contributed by atoms with Crippen molar-refractivity contribution in [3.05, 3.63) is 65.7 Å². The molecule has 1 aromatic heterocycles. The number of benzene rings is 2. The first-order valence-electron chi connectivity index (χ1n) is 9.12. The van der Waals surface area contributed by atoms with Crippen LogP contribution < -0.4 is 10.1 Å². The number of nitrogens with one attached hydrogen (secondary N) is 1. The second-order valence-corrected chi connectivity index (χ2v) is 7.32. The van der Waals surface area contributed by atoms with Gasteiger partial charge in [-0.1, -0.05) is 36.0 Å². The number of carbonyl (C=O) groups excluding carboxylic acids is 1. The molecule has 0 fully saturated rings. The SMILES string of the molecule is CCOc1ccccc1NC(=O)CSc1ccc(-c2ccc(C)c(C)c2)nn1. The summed E-state index contributed by atoms with van der Waals surface area (Å²) >= 11 is 1.35. The molecule has 28 heavy (non-hydrogen) atoms. The summed E-state index contributed by atoms with van der Waals surface area (Å²) in [5.74, 6) is 0.802. The second-order valence-electron chi connectivity index (χ2n) is 6.32. The normalized spacial score (nSPS) is 10.5. The third-order valence-corrected chi connectivity index (χ3v) is 5.17. The van der Waals surface area contributed by atoms with Crippen molar-refractivity contribution in [2.75, 3.05) is 17.7 Å². The van der Waals surface area contributed by atoms with Gasteiger partial charge in [-0.3, -0.25) is 4.79 Å². The van der Waals surface area contributed by atoms with Crippen molar-refractivity contribution in [3.63, 3.8) is 0 Å². The van der Waals surface area contributed by atoms with Gasteiger partial charge in [-0.05, 0) is 62.2 Å². The Hall–Kier alpha value is -2.86. The first kappa shape index (κ1) is 19.9. The summed E-state index contributed by atoms with van der Waals surface area (Å²) in [6.45, 7) is 6.62. The van der Waals surface area contributed by atoms with Crippen molar-refractivity contribution in [3.8, 4) is 17.0 Å². The van der Waals surface area contributed by atoms with Gasteiger partial charge >= 0.3 is 0 Å². The lowest BCUT2D eigenvalue weighted by molar-refractivity contribution is -0.113. The van der Waals surface area contributed by atoms with Crippen LogP contribution >= 0.6 is 11.8 Å². The molecule has 2 aromatic carbocycles. The quantitative estimate of drug-likeness (QED) is 0.579. The number of hydrogen-bond acceptors (Lipinski definition) is 5. The molecule has 0 saturated heterocycles. The summed E-state index contributed by atoms with van der Waals surface area (Å²) in [4.78, 5) is 12.3. The van der Waals surface area contributed by atoms with E-state index in [4.69, 9.17) is 4.74 Å². The van der Waals surface area contributed by atoms with Gasteiger partial charge in [-0.15, -0.1) is 10.2 Å². The Morgan fingerprint density at radius 1 is 1.04 bits per heavy atom. The average Bonchev–Trinajstić information content (AvgIpc) is 2.71. The minimum Gasteiger partial charge on any atom is -0.492 e. The molecular formula is C22H23N3O2S. The van der Waals surface area contributed by atoms with Crippen molar-refractivity contribution < 1.29 is 9.53 Å². The Morgan fingerprint density at radius 3 is 2.57 bits per heavy atom. The standard InChI is InChI=1S/C22H23N3O2S/c1-4-27-20-8-6-5-7-19(20)23-21(26)14-28-22-12-11-18(24-25-22)17-10-9-15(2)16(3)13-17/h5-13H,4,14H2,1-3H3,(H,23,26). The van der Waals surface area contributed by atoms with E-state index in [1.165, 1.54) is 22.9 Å². The number of para-hydroxylation sites is 2. The largest absolute Gasteiger partial charge is 0.492 e. The van der Waals surface area contributed by atoms with Crippen molar-refractivity contribution in [2.45, 2.75) is 25.8 Å². The fourth-order valence-corrected chi connectivity index (χ4v) is 3.24. The Kier molecular flexibility index (Phi) is 6.66. The maximum atomic E-state index is 12.3. The molecule has 3 rings (SSSR count). The Labute approximate surface area is 169 Å². The maximum absolute atomic E-state index is 12.3. The van der Waals surface area contributed by atoms with Crippen molar-refractivity contribution >= 4 is 23.4 Å². The highest BCUT2D eigenvalue weighted by atomic mass is 32.2. The number of rotatable bonds is 7. The molecule has 0 bridgehead atoms. The van der Waals surface area contributed by atoms with E-state index in [-0.39, 0.29) is 11.7 Å². The number of amides is 1. The van der Waals surface area contributed by atoms with Gasteiger partial charge in [0, 0.05) is 5.56 Å². The summed E-state index contributed by atoms with van der Waals surface area (Å²) in [5.41, 5.74) is 5.01. The van der Waals surface area contributed by atoms with Gasteiger partial charge in [0.15, 0.2) is 0 Å². The topological polar surface area (TPSA) is 64.1 Å². The van der Waals surface area contributed by atoms with Crippen molar-refractivity contribution in [1.29, 1.82) is 0 Å². The zero-order chi connectivity index (χ0) is 19.9. The van der Waals surface area contributed by atoms with E-state index in [9.17, 15) is 4.79 Å². The molecule has 144 valence electrons. The number of anilines is 1. The second kappa shape index (κ2) is 9.37. The molecule has 1 heterocycles. The van der Waals surface area contributed by atoms with Crippen LogP contribution in [0.5, 0.6) is 5.75 Å². The number of carbonyl (C=O) groups is 1. The number of nitrogens with zero attached hydrogens (tertiary/aromatic N) is 2. The highest BCUT2D eigenvalue weighted by molar-refractivity contribution is 7.99. The smallest absolute Gasteiger partial charge is 0.234 e. The van der Waals surface area contributed by atoms with E-state index >= 15 is 0 Å². The lowest BCUT2D eigenvalue weighted by Gasteiger charge is -2.11. The molecule has 0 aliphatic carbocycles. The van der Waals surface area contributed by atoms with Gasteiger partial charge in [-0.25, -0.2) is 0 Å². The molecule has 0 saturated carbocycles. The number of ether oxygens (including phenoxy) is 1. The molecule has 1 N–H and O–H groups in total. The summed E-state index contributed by atoms with van der Waals surface area (Å²) in [6.07, 6.45) is 0. The summed E-state index contributed by atoms with van der Waals surface area (Å²) in [7, 11) is 0. The molecule has 1 amide bonds. The van der Waals surface area contributed by atoms with Crippen LogP contribution in [-0.2, 0) is 4.79 Å². The van der Waals surface area contributed by atoms with Gasteiger partial charge in [0.2, 0.25) is 5.91 Å². The van der Waals surface area contributed by atoms with Crippen molar-refractivity contribution in [2.24, 2.45) is 0 Å². The van der Waals surface area contributed by atoms with E-state index in [1.807, 2.05) is 49.4 Å². The minimum absolute atomic E-state index is 0.114. The highest BCUT2D eigenvalue weighted by Gasteiger charge is 2.09. The van der Waals surface area contributed by atoms with Gasteiger partial charge in [0.1, 0.15) is 10.8 Å². The first-order chi connectivity index (χ1) is 13.6. The molecule has 6 heteroatoms. The molecule has 0 aliphatic rings. The molecule has 0 aliphatic heterocycles. The summed E-state index contributed by atoms with van der Waals surface area (Å²) in [6, 6.07) is 17.5. The van der Waals surface area contributed by atoms with Gasteiger partial charge < -0.3 is 10.1 Å². The molecule has 0 spiro atoms. The van der Waals surface area contributed by atoms with Gasteiger partial charge in [0.25, 0.3) is 0 Å². The van der Waals surface area contributed by atoms with Crippen LogP contribution in [0.1, 0.15) is 18.1 Å². The van der Waals surface area contributed by atoms with E-state index in [0.29, 0.717) is 23.1 Å². The fraction of sp³-hybridized carbons (Fsp3) is 0.227. The van der Waals surface area contributed by atoms with Gasteiger partial charge in [-0.2, -0.15) is 0 Å². The molecule has 0 unspecified atom stereocenters. The number of aromatic nitrogens is 2. The molecule has 3 aromatic rings. The summed E-state index contributed by atoms with van der Waals surface area (Å²) < 4.78 is 5.53. The van der Waals surface area contributed by atoms with Crippen LogP contribution in [0.15, 0.2) is 59.6 Å². The van der Waals surface area contributed by atoms with Crippen molar-refractivity contribution in [1.82, 2.24) is 10.2 Å². The number of aryl methyl sites for hydroxylation is 2. The third kappa shape index (κ3) is 5.10. The average molecular weight is 394 g/mol. The Morgan fingerprint density at radius 2 is 1.86 bits per heavy atom. The van der Waals surface area contributed by atoms with Crippen LogP contribution in [0.25, 0.3) is 11.3 Å². The molecule has 5 nitrogen and oxygen atoms in total. The summed E-state index contributed by atoms with van der Waals surface area (Å²) in [5, 5.41) is 12.1. The van der Waals surface area contributed by atoms with Crippen LogP contribution in [0, 0.1) is 13.8 Å². The number of hydrogen-bond donors (Lipinski definition) is 1. The van der Waals surface area contributed by atoms with Crippen LogP contribution in [0.4, 0.5) is 5.69 Å². The predicted molar refractivity (Wildman–Crippen MR) is 114 cm³/mol. The van der Waals surface area contributed by atoms with Crippen LogP contribution in [-0.4, -0.2) is 28.5 Å². The van der Waals surface area contributed by atoms with Crippen LogP contribution in [0.3, 0.4) is 0 Å². The third-order valence-electron chi connectivity index (χ3n) is 4.25. The minimum atomic E-state index is -0.114. The first-order valence-corrected chi connectivity index (χ1v) is 10.1. The predicted octanol–water partition coefficient (Wildman–Crippen LogP) is 4.89. The lowest BCUT2D eigenvalue weighted by atomic mass is 10.0. The monoisotopic (exact) mass is 393 g/mol. The Bertz CT molecular complexity index is 958. The maximum Gasteiger partial charge on any atom is 0.234 e. The fourth-order valence-electron chi connectivity index (χ4n) is 2.63. The van der Waals surface area contributed by atoms with E-state index in [1.54, 1.807) is 0 Å². The van der Waals surface area contributed by atoms with E-state index in [0.717, 1.165) is 11.3 Å². The van der Waals surface area contributed by atoms with Crippen LogP contribution in [0.2, 0.25) is 0 Å². The Balaban J connectivity index is 1.59. The lowest BCUT2D eigenvalue weighted by Crippen LogP contribution is -2.15.